The summed E-state index contributed by atoms with van der Waals surface area (Å²) in [6.45, 7) is 9.09. The first-order valence-corrected chi connectivity index (χ1v) is 8.69. The number of carbonyl (C=O) groups is 2. The van der Waals surface area contributed by atoms with Crippen LogP contribution in [0.25, 0.3) is 0 Å². The molecule has 0 unspecified atom stereocenters. The quantitative estimate of drug-likeness (QED) is 0.490. The molecule has 1 heterocycles. The number of ether oxygens (including phenoxy) is 1. The van der Waals surface area contributed by atoms with Crippen LogP contribution >= 0.6 is 0 Å². The first-order chi connectivity index (χ1) is 11.4. The van der Waals surface area contributed by atoms with Crippen molar-refractivity contribution in [3.8, 4) is 0 Å². The number of rotatable bonds is 4. The van der Waals surface area contributed by atoms with Crippen LogP contribution in [0.15, 0.2) is 36.0 Å². The third-order valence-corrected chi connectivity index (χ3v) is 6.27. The molecule has 4 atom stereocenters. The number of allylic oxidation sites excluding steroid dienone is 2. The lowest BCUT2D eigenvalue weighted by atomic mass is 9.49. The van der Waals surface area contributed by atoms with Gasteiger partial charge in [0.2, 0.25) is 6.41 Å². The van der Waals surface area contributed by atoms with E-state index in [0.717, 1.165) is 32.1 Å². The molecule has 2 fully saturated rings. The van der Waals surface area contributed by atoms with E-state index in [1.54, 1.807) is 0 Å². The predicted molar refractivity (Wildman–Crippen MR) is 92.8 cm³/mol. The molecule has 2 aliphatic carbocycles. The van der Waals surface area contributed by atoms with Gasteiger partial charge < -0.3 is 10.1 Å². The van der Waals surface area contributed by atoms with Gasteiger partial charge in [-0.1, -0.05) is 31.2 Å². The molecule has 3 rings (SSSR count). The van der Waals surface area contributed by atoms with E-state index >= 15 is 0 Å². The summed E-state index contributed by atoms with van der Waals surface area (Å²) in [4.78, 5) is 22.8. The van der Waals surface area contributed by atoms with E-state index in [1.807, 2.05) is 12.2 Å². The van der Waals surface area contributed by atoms with Crippen molar-refractivity contribution in [3.05, 3.63) is 42.4 Å². The van der Waals surface area contributed by atoms with Gasteiger partial charge in [0.25, 0.3) is 0 Å². The molecule has 0 aromatic carbocycles. The third-order valence-electron chi connectivity index (χ3n) is 6.27. The fourth-order valence-corrected chi connectivity index (χ4v) is 4.99. The van der Waals surface area contributed by atoms with Crippen molar-refractivity contribution in [1.82, 2.24) is 5.32 Å². The summed E-state index contributed by atoms with van der Waals surface area (Å²) in [6.07, 6.45) is 12.9. The normalized spacial score (nSPS) is 39.3. The molecule has 4 nitrogen and oxygen atoms in total. The van der Waals surface area contributed by atoms with Crippen LogP contribution in [0.3, 0.4) is 0 Å². The minimum absolute atomic E-state index is 0.0222. The van der Waals surface area contributed by atoms with Crippen molar-refractivity contribution in [1.29, 1.82) is 0 Å². The van der Waals surface area contributed by atoms with E-state index in [9.17, 15) is 9.59 Å². The summed E-state index contributed by atoms with van der Waals surface area (Å²) in [5, 5.41) is 3.05. The zero-order valence-electron chi connectivity index (χ0n) is 14.5. The molecule has 3 aliphatic rings. The highest BCUT2D eigenvalue weighted by Crippen LogP contribution is 2.58. The Kier molecular flexibility index (Phi) is 4.41. The summed E-state index contributed by atoms with van der Waals surface area (Å²) in [5.74, 6) is 0.305. The smallest absolute Gasteiger partial charge is 0.338 e. The third kappa shape index (κ3) is 2.72. The average molecular weight is 328 g/mol. The molecule has 1 radical (unpaired) electrons. The van der Waals surface area contributed by atoms with Crippen LogP contribution < -0.4 is 5.32 Å². The van der Waals surface area contributed by atoms with Gasteiger partial charge in [0, 0.05) is 11.5 Å². The lowest BCUT2D eigenvalue weighted by Crippen LogP contribution is -2.60. The maximum absolute atomic E-state index is 11.7. The lowest BCUT2D eigenvalue weighted by Gasteiger charge is -2.57. The highest BCUT2D eigenvalue weighted by molar-refractivity contribution is 5.93. The number of esters is 1. The summed E-state index contributed by atoms with van der Waals surface area (Å²) in [6, 6.07) is 0. The van der Waals surface area contributed by atoms with Gasteiger partial charge >= 0.3 is 5.97 Å². The van der Waals surface area contributed by atoms with Gasteiger partial charge in [-0.2, -0.15) is 0 Å². The fraction of sp³-hybridized carbons (Fsp3) is 0.550. The molecule has 0 bridgehead atoms. The van der Waals surface area contributed by atoms with E-state index in [-0.39, 0.29) is 22.8 Å². The molecule has 0 aromatic heterocycles. The molecule has 1 amide bonds. The Labute approximate surface area is 144 Å². The number of carbonyl (C=O) groups excluding carboxylic acids is 2. The maximum atomic E-state index is 11.7. The van der Waals surface area contributed by atoms with E-state index in [1.165, 1.54) is 5.57 Å². The number of nitrogens with one attached hydrogen (secondary N) is 1. The average Bonchev–Trinajstić information content (AvgIpc) is 2.92. The monoisotopic (exact) mass is 328 g/mol. The molecule has 0 spiro atoms. The molecule has 24 heavy (non-hydrogen) atoms. The highest BCUT2D eigenvalue weighted by atomic mass is 16.5. The van der Waals surface area contributed by atoms with Gasteiger partial charge in [-0.3, -0.25) is 4.79 Å². The Morgan fingerprint density at radius 1 is 1.42 bits per heavy atom. The predicted octanol–water partition coefficient (Wildman–Crippen LogP) is 3.12. The zero-order chi connectivity index (χ0) is 17.4. The SMILES string of the molecule is C=C1CC[C@H]2[C@@](C)(CC[CH][C@]2(C)NC=O)[C@@H]1/C=C/C1=CCOC1=O. The Balaban J connectivity index is 1.90. The molecule has 1 N–H and O–H groups in total. The van der Waals surface area contributed by atoms with Crippen LogP contribution in [0.1, 0.15) is 39.5 Å². The molecule has 0 saturated heterocycles. The van der Waals surface area contributed by atoms with Crippen molar-refractivity contribution in [3.63, 3.8) is 0 Å². The number of amides is 1. The Morgan fingerprint density at radius 3 is 2.88 bits per heavy atom. The van der Waals surface area contributed by atoms with Gasteiger partial charge in [0.1, 0.15) is 6.61 Å². The Bertz CT molecular complexity index is 620. The van der Waals surface area contributed by atoms with Crippen molar-refractivity contribution in [2.24, 2.45) is 17.3 Å². The van der Waals surface area contributed by atoms with Gasteiger partial charge in [-0.05, 0) is 56.4 Å². The minimum Gasteiger partial charge on any atom is -0.458 e. The molecular weight excluding hydrogens is 302 g/mol. The maximum Gasteiger partial charge on any atom is 0.338 e. The molecule has 129 valence electrons. The van der Waals surface area contributed by atoms with Crippen LogP contribution in [0, 0.1) is 23.7 Å². The Morgan fingerprint density at radius 2 is 2.21 bits per heavy atom. The van der Waals surface area contributed by atoms with Crippen LogP contribution in [0.4, 0.5) is 0 Å². The van der Waals surface area contributed by atoms with Crippen LogP contribution in [-0.2, 0) is 14.3 Å². The second-order valence-corrected chi connectivity index (χ2v) is 7.64. The molecule has 0 aromatic rings. The van der Waals surface area contributed by atoms with Crippen molar-refractivity contribution in [2.75, 3.05) is 6.61 Å². The van der Waals surface area contributed by atoms with Gasteiger partial charge in [-0.15, -0.1) is 0 Å². The van der Waals surface area contributed by atoms with E-state index in [0.29, 0.717) is 18.1 Å². The largest absolute Gasteiger partial charge is 0.458 e. The first kappa shape index (κ1) is 17.0. The molecular formula is C20H26NO3. The summed E-state index contributed by atoms with van der Waals surface area (Å²) < 4.78 is 4.97. The topological polar surface area (TPSA) is 55.4 Å². The van der Waals surface area contributed by atoms with Crippen molar-refractivity contribution >= 4 is 12.4 Å². The second-order valence-electron chi connectivity index (χ2n) is 7.64. The molecule has 4 heteroatoms. The molecule has 1 aliphatic heterocycles. The second kappa shape index (κ2) is 6.23. The number of cyclic esters (lactones) is 1. The fourth-order valence-electron chi connectivity index (χ4n) is 4.99. The number of hydrogen-bond acceptors (Lipinski definition) is 3. The lowest BCUT2D eigenvalue weighted by molar-refractivity contribution is -0.135. The van der Waals surface area contributed by atoms with Gasteiger partial charge in [0.05, 0.1) is 5.57 Å². The zero-order valence-corrected chi connectivity index (χ0v) is 14.5. The van der Waals surface area contributed by atoms with E-state index in [2.05, 4.69) is 38.2 Å². The number of hydrogen-bond donors (Lipinski definition) is 1. The summed E-state index contributed by atoms with van der Waals surface area (Å²) in [5.41, 5.74) is 1.58. The first-order valence-electron chi connectivity index (χ1n) is 8.69. The van der Waals surface area contributed by atoms with Gasteiger partial charge in [-0.25, -0.2) is 4.79 Å². The highest BCUT2D eigenvalue weighted by Gasteiger charge is 2.54. The van der Waals surface area contributed by atoms with Crippen molar-refractivity contribution < 1.29 is 14.3 Å². The minimum atomic E-state index is -0.285. The van der Waals surface area contributed by atoms with Crippen LogP contribution in [-0.4, -0.2) is 24.5 Å². The summed E-state index contributed by atoms with van der Waals surface area (Å²) >= 11 is 0. The van der Waals surface area contributed by atoms with Crippen LogP contribution in [0.5, 0.6) is 0 Å². The van der Waals surface area contributed by atoms with Gasteiger partial charge in [0.15, 0.2) is 0 Å². The van der Waals surface area contributed by atoms with E-state index < -0.39 is 0 Å². The summed E-state index contributed by atoms with van der Waals surface area (Å²) in [7, 11) is 0. The number of fused-ring (bicyclic) bond motifs is 1. The standard InChI is InChI=1S/C20H26NO3/c1-14-5-8-17-19(2,10-4-11-20(17,3)21-13-22)16(14)7-6-15-9-12-24-18(15)23/h6-7,9,11,13,16-17H,1,4-5,8,10,12H2,2-3H3,(H,21,22)/b7-6+/t16-,17+,19+,20+/m1/s1. The Hall–Kier alpha value is -1.84. The molecule has 2 saturated carbocycles. The van der Waals surface area contributed by atoms with Crippen LogP contribution in [0.2, 0.25) is 0 Å². The van der Waals surface area contributed by atoms with Crippen molar-refractivity contribution in [2.45, 2.75) is 45.1 Å². The van der Waals surface area contributed by atoms with E-state index in [4.69, 9.17) is 4.74 Å².